The lowest BCUT2D eigenvalue weighted by molar-refractivity contribution is 0.0951. The Kier molecular flexibility index (Phi) is 2.98. The summed E-state index contributed by atoms with van der Waals surface area (Å²) >= 11 is 0. The molecule has 1 aromatic carbocycles. The lowest BCUT2D eigenvalue weighted by atomic mass is 9.82. The Morgan fingerprint density at radius 1 is 1.22 bits per heavy atom. The first-order valence-electron chi connectivity index (χ1n) is 6.88. The number of carbonyl (C=O) groups excluding carboxylic acids is 1. The van der Waals surface area contributed by atoms with E-state index in [9.17, 15) is 4.79 Å². The zero-order valence-electron chi connectivity index (χ0n) is 10.8. The molecule has 2 aliphatic rings. The van der Waals surface area contributed by atoms with Gasteiger partial charge in [-0.2, -0.15) is 0 Å². The van der Waals surface area contributed by atoms with E-state index in [0.717, 1.165) is 30.0 Å². The molecule has 0 aliphatic heterocycles. The van der Waals surface area contributed by atoms with E-state index in [1.807, 2.05) is 24.3 Å². The molecule has 3 nitrogen and oxygen atoms in total. The van der Waals surface area contributed by atoms with Gasteiger partial charge in [0, 0.05) is 23.3 Å². The molecule has 2 saturated carbocycles. The summed E-state index contributed by atoms with van der Waals surface area (Å²) < 4.78 is 0. The number of benzene rings is 1. The topological polar surface area (TPSA) is 41.1 Å². The van der Waals surface area contributed by atoms with Gasteiger partial charge in [-0.3, -0.25) is 4.79 Å². The van der Waals surface area contributed by atoms with Crippen LogP contribution in [0.15, 0.2) is 24.3 Å². The number of anilines is 1. The van der Waals surface area contributed by atoms with E-state index < -0.39 is 0 Å². The van der Waals surface area contributed by atoms with E-state index in [-0.39, 0.29) is 5.91 Å². The first kappa shape index (κ1) is 11.6. The van der Waals surface area contributed by atoms with Crippen molar-refractivity contribution in [3.8, 4) is 0 Å². The van der Waals surface area contributed by atoms with Crippen LogP contribution >= 0.6 is 0 Å². The van der Waals surface area contributed by atoms with Crippen LogP contribution in [0, 0.1) is 5.92 Å². The molecule has 2 aliphatic carbocycles. The van der Waals surface area contributed by atoms with Crippen LogP contribution in [0.5, 0.6) is 0 Å². The number of rotatable bonds is 4. The summed E-state index contributed by atoms with van der Waals surface area (Å²) in [5.41, 5.74) is 1.83. The minimum Gasteiger partial charge on any atom is -0.382 e. The number of nitrogens with one attached hydrogen (secondary N) is 2. The molecule has 0 radical (unpaired) electrons. The quantitative estimate of drug-likeness (QED) is 0.855. The molecule has 18 heavy (non-hydrogen) atoms. The average Bonchev–Trinajstić information content (AvgIpc) is 3.11. The van der Waals surface area contributed by atoms with Gasteiger partial charge < -0.3 is 10.6 Å². The molecule has 2 N–H and O–H groups in total. The molecule has 0 saturated heterocycles. The van der Waals surface area contributed by atoms with Crippen LogP contribution in [-0.4, -0.2) is 18.0 Å². The Hall–Kier alpha value is -1.51. The molecular formula is C15H20N2O. The van der Waals surface area contributed by atoms with Crippen LogP contribution in [0.25, 0.3) is 0 Å². The number of amides is 1. The summed E-state index contributed by atoms with van der Waals surface area (Å²) in [6.07, 6.45) is 4.73. The fourth-order valence-corrected chi connectivity index (χ4v) is 2.50. The molecule has 1 amide bonds. The highest BCUT2D eigenvalue weighted by Crippen LogP contribution is 2.29. The number of hydrogen-bond acceptors (Lipinski definition) is 2. The first-order chi connectivity index (χ1) is 8.70. The van der Waals surface area contributed by atoms with Crippen molar-refractivity contribution in [3.63, 3.8) is 0 Å². The maximum atomic E-state index is 11.9. The maximum Gasteiger partial charge on any atom is 0.251 e. The highest BCUT2D eigenvalue weighted by Gasteiger charge is 2.26. The zero-order chi connectivity index (χ0) is 12.5. The van der Waals surface area contributed by atoms with Gasteiger partial charge in [0.05, 0.1) is 0 Å². The predicted octanol–water partition coefficient (Wildman–Crippen LogP) is 2.79. The van der Waals surface area contributed by atoms with Crippen molar-refractivity contribution in [2.24, 2.45) is 5.92 Å². The fraction of sp³-hybridized carbons (Fsp3) is 0.533. The fourth-order valence-electron chi connectivity index (χ4n) is 2.50. The summed E-state index contributed by atoms with van der Waals surface area (Å²) in [5.74, 6) is 0.895. The van der Waals surface area contributed by atoms with E-state index in [0.29, 0.717) is 12.1 Å². The molecule has 0 unspecified atom stereocenters. The van der Waals surface area contributed by atoms with Crippen molar-refractivity contribution in [1.29, 1.82) is 0 Å². The lowest BCUT2D eigenvalue weighted by Gasteiger charge is -2.34. The van der Waals surface area contributed by atoms with Crippen LogP contribution in [0.3, 0.4) is 0 Å². The second-order valence-electron chi connectivity index (χ2n) is 5.75. The van der Waals surface area contributed by atoms with Gasteiger partial charge in [0.25, 0.3) is 5.91 Å². The second-order valence-corrected chi connectivity index (χ2v) is 5.75. The van der Waals surface area contributed by atoms with Crippen LogP contribution in [0.4, 0.5) is 5.69 Å². The second kappa shape index (κ2) is 4.63. The minimum atomic E-state index is 0.0585. The third-order valence-electron chi connectivity index (χ3n) is 3.78. The van der Waals surface area contributed by atoms with Gasteiger partial charge in [0.1, 0.15) is 0 Å². The normalized spacial score (nSPS) is 26.3. The third-order valence-corrected chi connectivity index (χ3v) is 3.78. The Bertz CT molecular complexity index is 448. The molecule has 0 spiro atoms. The molecule has 96 valence electrons. The van der Waals surface area contributed by atoms with Crippen LogP contribution in [0.1, 0.15) is 43.0 Å². The van der Waals surface area contributed by atoms with E-state index in [4.69, 9.17) is 0 Å². The predicted molar refractivity (Wildman–Crippen MR) is 72.7 cm³/mol. The molecule has 0 bridgehead atoms. The molecule has 0 heterocycles. The van der Waals surface area contributed by atoms with Gasteiger partial charge in [-0.05, 0) is 49.8 Å². The van der Waals surface area contributed by atoms with Crippen molar-refractivity contribution in [1.82, 2.24) is 5.32 Å². The molecule has 1 aromatic rings. The summed E-state index contributed by atoms with van der Waals surface area (Å²) in [6, 6.07) is 8.83. The van der Waals surface area contributed by atoms with Crippen LogP contribution in [-0.2, 0) is 0 Å². The monoisotopic (exact) mass is 244 g/mol. The van der Waals surface area contributed by atoms with E-state index in [2.05, 4.69) is 17.6 Å². The van der Waals surface area contributed by atoms with E-state index >= 15 is 0 Å². The Balaban J connectivity index is 1.62. The van der Waals surface area contributed by atoms with Crippen molar-refractivity contribution >= 4 is 11.6 Å². The molecule has 3 rings (SSSR count). The van der Waals surface area contributed by atoms with Crippen molar-refractivity contribution in [3.05, 3.63) is 29.8 Å². The first-order valence-corrected chi connectivity index (χ1v) is 6.88. The van der Waals surface area contributed by atoms with Gasteiger partial charge >= 0.3 is 0 Å². The van der Waals surface area contributed by atoms with Crippen molar-refractivity contribution in [2.75, 3.05) is 5.32 Å². The molecule has 0 atom stereocenters. The van der Waals surface area contributed by atoms with Gasteiger partial charge in [0.2, 0.25) is 0 Å². The van der Waals surface area contributed by atoms with E-state index in [1.54, 1.807) is 0 Å². The summed E-state index contributed by atoms with van der Waals surface area (Å²) in [5, 5.41) is 6.51. The molecule has 3 heteroatoms. The largest absolute Gasteiger partial charge is 0.382 e. The molecule has 0 aromatic heterocycles. The highest BCUT2D eigenvalue weighted by atomic mass is 16.1. The third kappa shape index (κ3) is 2.66. The molecule has 2 fully saturated rings. The molecular weight excluding hydrogens is 224 g/mol. The standard InChI is InChI=1S/C15H20N2O/c1-10-7-14(8-10)16-13-4-2-3-11(9-13)15(18)17-12-5-6-12/h2-4,9-10,12,14,16H,5-8H2,1H3,(H,17,18). The Labute approximate surface area is 108 Å². The zero-order valence-corrected chi connectivity index (χ0v) is 10.8. The summed E-state index contributed by atoms with van der Waals surface area (Å²) in [6.45, 7) is 2.28. The van der Waals surface area contributed by atoms with Gasteiger partial charge in [-0.1, -0.05) is 13.0 Å². The summed E-state index contributed by atoms with van der Waals surface area (Å²) in [7, 11) is 0. The van der Waals surface area contributed by atoms with Crippen molar-refractivity contribution in [2.45, 2.75) is 44.7 Å². The summed E-state index contributed by atoms with van der Waals surface area (Å²) in [4.78, 5) is 11.9. The van der Waals surface area contributed by atoms with Gasteiger partial charge in [-0.25, -0.2) is 0 Å². The smallest absolute Gasteiger partial charge is 0.251 e. The van der Waals surface area contributed by atoms with E-state index in [1.165, 1.54) is 12.8 Å². The maximum absolute atomic E-state index is 11.9. The van der Waals surface area contributed by atoms with Crippen molar-refractivity contribution < 1.29 is 4.79 Å². The van der Waals surface area contributed by atoms with Gasteiger partial charge in [-0.15, -0.1) is 0 Å². The lowest BCUT2D eigenvalue weighted by Crippen LogP contribution is -2.33. The Morgan fingerprint density at radius 2 is 2.00 bits per heavy atom. The number of hydrogen-bond donors (Lipinski definition) is 2. The SMILES string of the molecule is CC1CC(Nc2cccc(C(=O)NC3CC3)c2)C1. The number of carbonyl (C=O) groups is 1. The Morgan fingerprint density at radius 3 is 2.67 bits per heavy atom. The minimum absolute atomic E-state index is 0.0585. The van der Waals surface area contributed by atoms with Crippen LogP contribution in [0.2, 0.25) is 0 Å². The van der Waals surface area contributed by atoms with Gasteiger partial charge in [0.15, 0.2) is 0 Å². The highest BCUT2D eigenvalue weighted by molar-refractivity contribution is 5.95. The van der Waals surface area contributed by atoms with Crippen LogP contribution < -0.4 is 10.6 Å². The average molecular weight is 244 g/mol.